The molecular formula is C35H56N2O4. The van der Waals surface area contributed by atoms with Crippen LogP contribution >= 0.6 is 0 Å². The zero-order chi connectivity index (χ0) is 29.3. The average molecular weight is 569 g/mol. The highest BCUT2D eigenvalue weighted by atomic mass is 16.6. The fourth-order valence-corrected chi connectivity index (χ4v) is 4.41. The minimum atomic E-state index is -0.396. The molecule has 0 radical (unpaired) electrons. The van der Waals surface area contributed by atoms with Crippen LogP contribution in [0.25, 0.3) is 0 Å². The highest BCUT2D eigenvalue weighted by Crippen LogP contribution is 2.25. The first kappa shape index (κ1) is 36.2. The van der Waals surface area contributed by atoms with Crippen molar-refractivity contribution in [2.45, 2.75) is 119 Å². The molecule has 0 saturated carbocycles. The molecule has 0 heterocycles. The lowest BCUT2D eigenvalue weighted by molar-refractivity contribution is -0.134. The molecule has 2 N–H and O–H groups in total. The van der Waals surface area contributed by atoms with E-state index in [-0.39, 0.29) is 13.4 Å². The summed E-state index contributed by atoms with van der Waals surface area (Å²) in [6.45, 7) is 14.9. The van der Waals surface area contributed by atoms with Gasteiger partial charge in [-0.3, -0.25) is 4.79 Å². The van der Waals surface area contributed by atoms with E-state index >= 15 is 0 Å². The summed E-state index contributed by atoms with van der Waals surface area (Å²) in [6.07, 6.45) is 8.85. The Labute approximate surface area is 250 Å². The molecule has 0 aliphatic carbocycles. The average Bonchev–Trinajstić information content (AvgIpc) is 2.91. The normalized spacial score (nSPS) is 10.9. The van der Waals surface area contributed by atoms with Crippen LogP contribution in [0.4, 0.5) is 4.79 Å². The first-order valence-corrected chi connectivity index (χ1v) is 15.3. The lowest BCUT2D eigenvalue weighted by Crippen LogP contribution is -2.30. The third-order valence-electron chi connectivity index (χ3n) is 7.22. The molecular weight excluding hydrogens is 512 g/mol. The molecule has 230 valence electrons. The van der Waals surface area contributed by atoms with E-state index in [0.717, 1.165) is 61.9 Å². The number of esters is 1. The monoisotopic (exact) mass is 568 g/mol. The van der Waals surface area contributed by atoms with Crippen molar-refractivity contribution in [3.05, 3.63) is 58.7 Å². The van der Waals surface area contributed by atoms with Crippen LogP contribution in [0, 0.1) is 13.8 Å². The lowest BCUT2D eigenvalue weighted by atomic mass is 10.0. The van der Waals surface area contributed by atoms with E-state index in [2.05, 4.69) is 50.5 Å². The second kappa shape index (κ2) is 20.1. The van der Waals surface area contributed by atoms with Crippen molar-refractivity contribution in [2.24, 2.45) is 0 Å². The zero-order valence-corrected chi connectivity index (χ0v) is 25.7. The SMILES string of the molecule is C.Cc1ccc(C(C)C)cc1OC(=O)CCCCCCCCCNCCCNC(=O)Oc1cc(C(C)C)ccc1C. The van der Waals surface area contributed by atoms with Crippen molar-refractivity contribution < 1.29 is 19.1 Å². The Kier molecular flexibility index (Phi) is 17.7. The maximum Gasteiger partial charge on any atom is 0.412 e. The van der Waals surface area contributed by atoms with Crippen molar-refractivity contribution in [2.75, 3.05) is 19.6 Å². The van der Waals surface area contributed by atoms with Crippen molar-refractivity contribution in [3.63, 3.8) is 0 Å². The number of hydrogen-bond donors (Lipinski definition) is 2. The van der Waals surface area contributed by atoms with Gasteiger partial charge in [-0.25, -0.2) is 4.79 Å². The molecule has 0 aliphatic heterocycles. The molecule has 6 heteroatoms. The fraction of sp³-hybridized carbons (Fsp3) is 0.600. The third kappa shape index (κ3) is 14.6. The standard InChI is InChI=1S/C34H52N2O4.CH4/c1-25(2)29-18-16-27(5)31(23-29)39-33(37)15-12-10-8-7-9-11-13-20-35-21-14-22-36-34(38)40-32-24-30(26(3)4)19-17-28(32)6;/h16-19,23-26,35H,7-15,20-22H2,1-6H3,(H,36,38);1H4. The summed E-state index contributed by atoms with van der Waals surface area (Å²) in [7, 11) is 0. The first-order valence-electron chi connectivity index (χ1n) is 15.3. The van der Waals surface area contributed by atoms with Gasteiger partial charge in [0, 0.05) is 13.0 Å². The van der Waals surface area contributed by atoms with Gasteiger partial charge in [-0.1, -0.05) is 91.5 Å². The Balaban J connectivity index is 0.00000840. The summed E-state index contributed by atoms with van der Waals surface area (Å²) in [4.78, 5) is 24.4. The molecule has 0 fully saturated rings. The third-order valence-corrected chi connectivity index (χ3v) is 7.22. The number of nitrogens with one attached hydrogen (secondary N) is 2. The minimum absolute atomic E-state index is 0. The summed E-state index contributed by atoms with van der Waals surface area (Å²) in [5, 5.41) is 6.29. The van der Waals surface area contributed by atoms with E-state index in [1.165, 1.54) is 24.8 Å². The molecule has 2 rings (SSSR count). The summed E-state index contributed by atoms with van der Waals surface area (Å²) in [5.41, 5.74) is 4.31. The van der Waals surface area contributed by atoms with E-state index in [9.17, 15) is 9.59 Å². The number of amides is 1. The second-order valence-corrected chi connectivity index (χ2v) is 11.5. The molecule has 0 saturated heterocycles. The minimum Gasteiger partial charge on any atom is -0.426 e. The molecule has 0 atom stereocenters. The largest absolute Gasteiger partial charge is 0.426 e. The van der Waals surface area contributed by atoms with E-state index in [4.69, 9.17) is 9.47 Å². The van der Waals surface area contributed by atoms with Crippen molar-refractivity contribution in [1.29, 1.82) is 0 Å². The fourth-order valence-electron chi connectivity index (χ4n) is 4.41. The molecule has 2 aromatic rings. The number of aryl methyl sites for hydroxylation is 2. The Morgan fingerprint density at radius 2 is 1.15 bits per heavy atom. The molecule has 0 unspecified atom stereocenters. The van der Waals surface area contributed by atoms with Crippen LogP contribution in [-0.2, 0) is 4.79 Å². The van der Waals surface area contributed by atoms with Crippen LogP contribution in [0.2, 0.25) is 0 Å². The number of benzene rings is 2. The molecule has 6 nitrogen and oxygen atoms in total. The summed E-state index contributed by atoms with van der Waals surface area (Å²) < 4.78 is 11.1. The van der Waals surface area contributed by atoms with Crippen LogP contribution in [0.15, 0.2) is 36.4 Å². The van der Waals surface area contributed by atoms with E-state index in [0.29, 0.717) is 36.3 Å². The van der Waals surface area contributed by atoms with Crippen LogP contribution in [0.3, 0.4) is 0 Å². The van der Waals surface area contributed by atoms with Gasteiger partial charge in [-0.15, -0.1) is 0 Å². The maximum atomic E-state index is 12.2. The second-order valence-electron chi connectivity index (χ2n) is 11.5. The highest BCUT2D eigenvalue weighted by molar-refractivity contribution is 5.73. The molecule has 41 heavy (non-hydrogen) atoms. The Morgan fingerprint density at radius 1 is 0.659 bits per heavy atom. The topological polar surface area (TPSA) is 76.7 Å². The predicted molar refractivity (Wildman–Crippen MR) is 171 cm³/mol. The lowest BCUT2D eigenvalue weighted by Gasteiger charge is -2.12. The number of rotatable bonds is 18. The highest BCUT2D eigenvalue weighted by Gasteiger charge is 2.11. The zero-order valence-electron chi connectivity index (χ0n) is 25.7. The van der Waals surface area contributed by atoms with Crippen LogP contribution in [-0.4, -0.2) is 31.7 Å². The number of ether oxygens (including phenoxy) is 2. The Hall–Kier alpha value is -2.86. The van der Waals surface area contributed by atoms with E-state index in [1.807, 2.05) is 38.1 Å². The van der Waals surface area contributed by atoms with Gasteiger partial charge in [0.25, 0.3) is 0 Å². The van der Waals surface area contributed by atoms with Crippen LogP contribution in [0.5, 0.6) is 11.5 Å². The van der Waals surface area contributed by atoms with E-state index < -0.39 is 6.09 Å². The Bertz CT molecular complexity index is 965. The van der Waals surface area contributed by atoms with Crippen molar-refractivity contribution in [3.8, 4) is 11.5 Å². The van der Waals surface area contributed by atoms with Gasteiger partial charge in [0.1, 0.15) is 11.5 Å². The maximum absolute atomic E-state index is 12.2. The number of carbonyl (C=O) groups is 2. The van der Waals surface area contributed by atoms with Gasteiger partial charge in [-0.2, -0.15) is 0 Å². The van der Waals surface area contributed by atoms with E-state index in [1.54, 1.807) is 0 Å². The first-order chi connectivity index (χ1) is 19.2. The van der Waals surface area contributed by atoms with Gasteiger partial charge in [0.2, 0.25) is 0 Å². The van der Waals surface area contributed by atoms with Crippen LogP contribution < -0.4 is 20.1 Å². The molecule has 2 aromatic carbocycles. The molecule has 0 aromatic heterocycles. The molecule has 0 bridgehead atoms. The molecule has 0 aliphatic rings. The number of unbranched alkanes of at least 4 members (excludes halogenated alkanes) is 6. The Morgan fingerprint density at radius 3 is 1.71 bits per heavy atom. The quantitative estimate of drug-likeness (QED) is 0.107. The molecule has 0 spiro atoms. The van der Waals surface area contributed by atoms with Crippen molar-refractivity contribution in [1.82, 2.24) is 10.6 Å². The molecule has 1 amide bonds. The smallest absolute Gasteiger partial charge is 0.412 e. The number of hydrogen-bond acceptors (Lipinski definition) is 5. The summed E-state index contributed by atoms with van der Waals surface area (Å²) in [6, 6.07) is 12.1. The van der Waals surface area contributed by atoms with Gasteiger partial charge >= 0.3 is 12.1 Å². The predicted octanol–water partition coefficient (Wildman–Crippen LogP) is 8.98. The van der Waals surface area contributed by atoms with Crippen molar-refractivity contribution >= 4 is 12.1 Å². The van der Waals surface area contributed by atoms with Gasteiger partial charge in [0.05, 0.1) is 0 Å². The number of carbonyl (C=O) groups excluding carboxylic acids is 2. The van der Waals surface area contributed by atoms with Gasteiger partial charge < -0.3 is 20.1 Å². The van der Waals surface area contributed by atoms with Crippen LogP contribution in [0.1, 0.15) is 127 Å². The summed E-state index contributed by atoms with van der Waals surface area (Å²) in [5.74, 6) is 2.00. The van der Waals surface area contributed by atoms with Gasteiger partial charge in [0.15, 0.2) is 0 Å². The summed E-state index contributed by atoms with van der Waals surface area (Å²) >= 11 is 0. The van der Waals surface area contributed by atoms with Gasteiger partial charge in [-0.05, 0) is 92.4 Å².